The second-order valence-electron chi connectivity index (χ2n) is 4.91. The van der Waals surface area contributed by atoms with Crippen LogP contribution in [-0.4, -0.2) is 21.7 Å². The predicted octanol–water partition coefficient (Wildman–Crippen LogP) is 3.84. The zero-order valence-corrected chi connectivity index (χ0v) is 13.2. The Kier molecular flexibility index (Phi) is 5.29. The summed E-state index contributed by atoms with van der Waals surface area (Å²) in [6.45, 7) is 5.27. The minimum atomic E-state index is 0.488. The van der Waals surface area contributed by atoms with Crippen LogP contribution in [0.3, 0.4) is 0 Å². The first-order valence-corrected chi connectivity index (χ1v) is 7.39. The summed E-state index contributed by atoms with van der Waals surface area (Å²) < 4.78 is 1.03. The molecular weight excluding hydrogens is 318 g/mol. The van der Waals surface area contributed by atoms with Crippen molar-refractivity contribution in [3.63, 3.8) is 0 Å². The Bertz CT molecular complexity index is 542. The summed E-state index contributed by atoms with van der Waals surface area (Å²) in [6.07, 6.45) is 2.73. The van der Waals surface area contributed by atoms with E-state index in [2.05, 4.69) is 55.6 Å². The van der Waals surface area contributed by atoms with Crippen LogP contribution in [0.1, 0.15) is 20.3 Å². The molecule has 0 radical (unpaired) electrons. The maximum Gasteiger partial charge on any atom is 0.249 e. The van der Waals surface area contributed by atoms with E-state index in [0.29, 0.717) is 11.9 Å². The number of rotatable bonds is 6. The Morgan fingerprint density at radius 2 is 1.95 bits per heavy atom. The fourth-order valence-corrected chi connectivity index (χ4v) is 1.86. The van der Waals surface area contributed by atoms with Crippen LogP contribution in [-0.2, 0) is 0 Å². The summed E-state index contributed by atoms with van der Waals surface area (Å²) in [4.78, 5) is 4.38. The average Bonchev–Trinajstić information content (AvgIpc) is 2.41. The highest BCUT2D eigenvalue weighted by Gasteiger charge is 2.01. The third-order valence-electron chi connectivity index (χ3n) is 2.69. The number of hydrogen-bond donors (Lipinski definition) is 2. The first kappa shape index (κ1) is 14.7. The van der Waals surface area contributed by atoms with Crippen molar-refractivity contribution in [3.05, 3.63) is 34.9 Å². The van der Waals surface area contributed by atoms with Crippen LogP contribution in [0.15, 0.2) is 34.9 Å². The van der Waals surface area contributed by atoms with Crippen LogP contribution in [0.4, 0.5) is 17.5 Å². The van der Waals surface area contributed by atoms with Gasteiger partial charge in [-0.25, -0.2) is 0 Å². The van der Waals surface area contributed by atoms with Crippen molar-refractivity contribution in [2.24, 2.45) is 5.92 Å². The van der Waals surface area contributed by atoms with Gasteiger partial charge >= 0.3 is 0 Å². The summed E-state index contributed by atoms with van der Waals surface area (Å²) in [6, 6.07) is 7.82. The number of halogens is 1. The normalized spacial score (nSPS) is 10.6. The number of hydrogen-bond acceptors (Lipinski definition) is 5. The zero-order valence-electron chi connectivity index (χ0n) is 11.6. The van der Waals surface area contributed by atoms with Gasteiger partial charge in [-0.1, -0.05) is 29.8 Å². The summed E-state index contributed by atoms with van der Waals surface area (Å²) >= 11 is 3.40. The van der Waals surface area contributed by atoms with Gasteiger partial charge in [0.1, 0.15) is 0 Å². The molecule has 1 heterocycles. The fraction of sp³-hybridized carbons (Fsp3) is 0.357. The summed E-state index contributed by atoms with van der Waals surface area (Å²) in [7, 11) is 0. The Balaban J connectivity index is 1.96. The Labute approximate surface area is 127 Å². The van der Waals surface area contributed by atoms with Crippen LogP contribution < -0.4 is 10.6 Å². The van der Waals surface area contributed by atoms with Gasteiger partial charge in [-0.2, -0.15) is 10.1 Å². The molecule has 20 heavy (non-hydrogen) atoms. The zero-order chi connectivity index (χ0) is 14.4. The molecule has 0 amide bonds. The van der Waals surface area contributed by atoms with Crippen molar-refractivity contribution in [1.82, 2.24) is 15.2 Å². The number of benzene rings is 1. The summed E-state index contributed by atoms with van der Waals surface area (Å²) in [5, 5.41) is 14.3. The highest BCUT2D eigenvalue weighted by Crippen LogP contribution is 2.17. The highest BCUT2D eigenvalue weighted by atomic mass is 79.9. The average molecular weight is 336 g/mol. The van der Waals surface area contributed by atoms with E-state index in [0.717, 1.165) is 28.9 Å². The molecule has 2 rings (SSSR count). The first-order chi connectivity index (χ1) is 9.63. The van der Waals surface area contributed by atoms with Crippen molar-refractivity contribution in [1.29, 1.82) is 0 Å². The van der Waals surface area contributed by atoms with E-state index in [4.69, 9.17) is 0 Å². The minimum Gasteiger partial charge on any atom is -0.369 e. The molecule has 1 aromatic heterocycles. The Morgan fingerprint density at radius 3 is 2.65 bits per heavy atom. The summed E-state index contributed by atoms with van der Waals surface area (Å²) in [5.41, 5.74) is 0.925. The quantitative estimate of drug-likeness (QED) is 0.839. The molecule has 106 valence electrons. The number of anilines is 3. The molecule has 0 atom stereocenters. The molecule has 0 saturated heterocycles. The first-order valence-electron chi connectivity index (χ1n) is 6.59. The van der Waals surface area contributed by atoms with Gasteiger partial charge < -0.3 is 10.6 Å². The fourth-order valence-electron chi connectivity index (χ4n) is 1.59. The largest absolute Gasteiger partial charge is 0.369 e. The molecule has 5 nitrogen and oxygen atoms in total. The molecular formula is C14H18BrN5. The van der Waals surface area contributed by atoms with Gasteiger partial charge in [0.15, 0.2) is 5.82 Å². The molecule has 2 N–H and O–H groups in total. The van der Waals surface area contributed by atoms with Crippen LogP contribution in [0.5, 0.6) is 0 Å². The third kappa shape index (κ3) is 4.77. The van der Waals surface area contributed by atoms with Crippen molar-refractivity contribution in [2.45, 2.75) is 20.3 Å². The second-order valence-corrected chi connectivity index (χ2v) is 5.82. The molecule has 0 bridgehead atoms. The van der Waals surface area contributed by atoms with Crippen molar-refractivity contribution in [3.8, 4) is 0 Å². The van der Waals surface area contributed by atoms with Gasteiger partial charge in [0.05, 0.1) is 6.20 Å². The molecule has 0 aliphatic heterocycles. The third-order valence-corrected chi connectivity index (χ3v) is 3.22. The van der Waals surface area contributed by atoms with Gasteiger partial charge in [0, 0.05) is 16.7 Å². The van der Waals surface area contributed by atoms with E-state index in [1.54, 1.807) is 6.20 Å². The topological polar surface area (TPSA) is 62.7 Å². The molecule has 0 saturated carbocycles. The number of aromatic nitrogens is 3. The van der Waals surface area contributed by atoms with Gasteiger partial charge in [-0.05, 0) is 36.6 Å². The highest BCUT2D eigenvalue weighted by molar-refractivity contribution is 9.10. The van der Waals surface area contributed by atoms with E-state index < -0.39 is 0 Å². The standard InChI is InChI=1S/C14H18BrN5/c1-10(2)7-8-16-13-9-17-20-14(19-13)18-12-5-3-11(15)4-6-12/h3-6,9-10H,7-8H2,1-2H3,(H2,16,18,19,20). The predicted molar refractivity (Wildman–Crippen MR) is 85.2 cm³/mol. The molecule has 2 aromatic rings. The monoisotopic (exact) mass is 335 g/mol. The van der Waals surface area contributed by atoms with Crippen molar-refractivity contribution in [2.75, 3.05) is 17.2 Å². The van der Waals surface area contributed by atoms with Crippen LogP contribution >= 0.6 is 15.9 Å². The molecule has 0 unspecified atom stereocenters. The SMILES string of the molecule is CC(C)CCNc1cnnc(Nc2ccc(Br)cc2)n1. The van der Waals surface area contributed by atoms with E-state index in [1.807, 2.05) is 24.3 Å². The lowest BCUT2D eigenvalue weighted by Gasteiger charge is -2.08. The lowest BCUT2D eigenvalue weighted by atomic mass is 10.1. The molecule has 0 aliphatic rings. The van der Waals surface area contributed by atoms with Crippen LogP contribution in [0.25, 0.3) is 0 Å². The Morgan fingerprint density at radius 1 is 1.20 bits per heavy atom. The molecule has 0 fully saturated rings. The molecule has 0 aliphatic carbocycles. The van der Waals surface area contributed by atoms with Gasteiger partial charge in [0.2, 0.25) is 5.95 Å². The van der Waals surface area contributed by atoms with Gasteiger partial charge in [-0.15, -0.1) is 5.10 Å². The van der Waals surface area contributed by atoms with Gasteiger partial charge in [0.25, 0.3) is 0 Å². The van der Waals surface area contributed by atoms with E-state index in [1.165, 1.54) is 0 Å². The maximum absolute atomic E-state index is 4.38. The minimum absolute atomic E-state index is 0.488. The van der Waals surface area contributed by atoms with Gasteiger partial charge in [-0.3, -0.25) is 0 Å². The lowest BCUT2D eigenvalue weighted by Crippen LogP contribution is -2.08. The van der Waals surface area contributed by atoms with Crippen molar-refractivity contribution >= 4 is 33.4 Å². The summed E-state index contributed by atoms with van der Waals surface area (Å²) in [5.74, 6) is 1.89. The van der Waals surface area contributed by atoms with Crippen LogP contribution in [0, 0.1) is 5.92 Å². The van der Waals surface area contributed by atoms with Crippen LogP contribution in [0.2, 0.25) is 0 Å². The van der Waals surface area contributed by atoms with Crippen molar-refractivity contribution < 1.29 is 0 Å². The smallest absolute Gasteiger partial charge is 0.249 e. The molecule has 1 aromatic carbocycles. The lowest BCUT2D eigenvalue weighted by molar-refractivity contribution is 0.606. The molecule has 0 spiro atoms. The van der Waals surface area contributed by atoms with E-state index in [9.17, 15) is 0 Å². The Hall–Kier alpha value is -1.69. The second kappa shape index (κ2) is 7.19. The number of nitrogens with one attached hydrogen (secondary N) is 2. The maximum atomic E-state index is 4.38. The number of nitrogens with zero attached hydrogens (tertiary/aromatic N) is 3. The van der Waals surface area contributed by atoms with E-state index in [-0.39, 0.29) is 0 Å². The molecule has 6 heteroatoms. The van der Waals surface area contributed by atoms with E-state index >= 15 is 0 Å².